The molecule has 0 amide bonds. The molecule has 0 atom stereocenters. The number of benzene rings is 5. The van der Waals surface area contributed by atoms with Gasteiger partial charge < -0.3 is 9.80 Å². The van der Waals surface area contributed by atoms with E-state index in [2.05, 4.69) is 0 Å². The minimum atomic E-state index is -2.48. The summed E-state index contributed by atoms with van der Waals surface area (Å²) in [4.78, 5) is 2.09. The minimum absolute atomic E-state index is 0.00968. The van der Waals surface area contributed by atoms with E-state index in [0.29, 0.717) is 0 Å². The molecule has 3 aliphatic rings. The first kappa shape index (κ1) is 20.1. The van der Waals surface area contributed by atoms with Crippen LogP contribution < -0.4 is 26.2 Å². The Balaban J connectivity index is 1.80. The van der Waals surface area contributed by atoms with Crippen LogP contribution in [0.3, 0.4) is 0 Å². The van der Waals surface area contributed by atoms with Crippen molar-refractivity contribution in [3.05, 3.63) is 124 Å². The van der Waals surface area contributed by atoms with Gasteiger partial charge in [0.15, 0.2) is 0 Å². The second kappa shape index (κ2) is 12.7. The summed E-state index contributed by atoms with van der Waals surface area (Å²) >= 11 is 0. The summed E-state index contributed by atoms with van der Waals surface area (Å²) in [5, 5.41) is 0. The van der Waals surface area contributed by atoms with Crippen LogP contribution in [0, 0.1) is 0 Å². The Bertz CT molecular complexity index is 3050. The Morgan fingerprint density at radius 2 is 0.833 bits per heavy atom. The van der Waals surface area contributed by atoms with Crippen molar-refractivity contribution in [1.29, 1.82) is 0 Å². The first-order valence-corrected chi connectivity index (χ1v) is 18.8. The number of hydrogen-bond donors (Lipinski definition) is 0. The van der Waals surface area contributed by atoms with E-state index < -0.39 is 171 Å². The van der Waals surface area contributed by atoms with Crippen molar-refractivity contribution in [2.24, 2.45) is 0 Å². The number of nitrogens with zero attached hydrogens (tertiary/aromatic N) is 2. The van der Waals surface area contributed by atoms with Crippen LogP contribution in [0.5, 0.6) is 0 Å². The van der Waals surface area contributed by atoms with E-state index >= 15 is 0 Å². The van der Waals surface area contributed by atoms with Gasteiger partial charge in [0, 0.05) is 39.6 Å². The van der Waals surface area contributed by atoms with E-state index in [4.69, 9.17) is 0 Å². The van der Waals surface area contributed by atoms with Crippen LogP contribution >= 0.6 is 0 Å². The van der Waals surface area contributed by atoms with Gasteiger partial charge in [-0.05, 0) is 133 Å². The first-order valence-electron chi connectivity index (χ1n) is 28.8. The molecule has 5 aromatic carbocycles. The lowest BCUT2D eigenvalue weighted by atomic mass is 9.33. The summed E-state index contributed by atoms with van der Waals surface area (Å²) in [7, 11) is 0. The zero-order valence-corrected chi connectivity index (χ0v) is 33.5. The van der Waals surface area contributed by atoms with Crippen LogP contribution in [0.25, 0.3) is 0 Å². The Labute approximate surface area is 355 Å². The molecule has 0 saturated heterocycles. The van der Waals surface area contributed by atoms with Gasteiger partial charge in [-0.3, -0.25) is 0 Å². The third-order valence-electron chi connectivity index (χ3n) is 10.2. The molecule has 1 aliphatic carbocycles. The molecule has 1 saturated carbocycles. The lowest BCUT2D eigenvalue weighted by molar-refractivity contribution is 0.590. The molecule has 54 heavy (non-hydrogen) atoms. The molecule has 278 valence electrons. The molecule has 1 fully saturated rings. The molecule has 5 aromatic rings. The smallest absolute Gasteiger partial charge is 0.252 e. The Morgan fingerprint density at radius 1 is 0.481 bits per heavy atom. The standard InChI is InChI=1S/C51H61BN2/c1-48(2,3)35-17-23-39(24-18-35)53-43-27-21-37(50(7,8)9)31-41(43)52-42-32-38(51(10,11)12)22-28-44(42)54(40-25-19-36(20-26-40)49(4,5)6)46-30-34(29-45(53)47(46)52)33-15-13-14-16-33/h17-33H,13-16H2,1-12H3/i15D2,16D2,17D,18D,19D,20D,21D,22D,23D,24D,25D,26D,27D,28D,29D,30D,31D,32D. The van der Waals surface area contributed by atoms with E-state index in [1.807, 2.05) is 0 Å². The van der Waals surface area contributed by atoms with Gasteiger partial charge in [-0.15, -0.1) is 0 Å². The van der Waals surface area contributed by atoms with Gasteiger partial charge in [-0.25, -0.2) is 0 Å². The van der Waals surface area contributed by atoms with Gasteiger partial charge in [0.2, 0.25) is 0 Å². The van der Waals surface area contributed by atoms with E-state index in [1.165, 1.54) is 0 Å². The Morgan fingerprint density at radius 3 is 1.19 bits per heavy atom. The summed E-state index contributed by atoms with van der Waals surface area (Å²) in [6, 6.07) is -9.20. The van der Waals surface area contributed by atoms with Crippen LogP contribution in [0.4, 0.5) is 34.1 Å². The fourth-order valence-corrected chi connectivity index (χ4v) is 7.05. The van der Waals surface area contributed by atoms with E-state index in [0.717, 1.165) is 9.80 Å². The average Bonchev–Trinajstić information content (AvgIpc) is 3.46. The molecule has 2 heterocycles. The minimum Gasteiger partial charge on any atom is -0.311 e. The Kier molecular flexibility index (Phi) is 4.71. The number of hydrogen-bond acceptors (Lipinski definition) is 2. The molecule has 2 nitrogen and oxygen atoms in total. The molecule has 0 unspecified atom stereocenters. The number of anilines is 6. The van der Waals surface area contributed by atoms with Crippen molar-refractivity contribution < 1.29 is 27.4 Å². The van der Waals surface area contributed by atoms with E-state index in [9.17, 15) is 27.4 Å². The lowest BCUT2D eigenvalue weighted by Gasteiger charge is -2.45. The maximum atomic E-state index is 10.4. The molecule has 0 N–H and O–H groups in total. The zero-order valence-electron chi connectivity index (χ0n) is 53.5. The predicted molar refractivity (Wildman–Crippen MR) is 236 cm³/mol. The van der Waals surface area contributed by atoms with Crippen LogP contribution in [-0.2, 0) is 21.7 Å². The average molecular weight is 733 g/mol. The predicted octanol–water partition coefficient (Wildman–Crippen LogP) is 12.6. The lowest BCUT2D eigenvalue weighted by Crippen LogP contribution is -2.61. The van der Waals surface area contributed by atoms with Gasteiger partial charge in [-0.1, -0.05) is 144 Å². The molecular weight excluding hydrogens is 651 g/mol. The maximum Gasteiger partial charge on any atom is 0.252 e. The molecule has 2 aliphatic heterocycles. The van der Waals surface area contributed by atoms with Crippen molar-refractivity contribution in [2.45, 2.75) is 136 Å². The largest absolute Gasteiger partial charge is 0.311 e. The topological polar surface area (TPSA) is 6.48 Å². The molecular formula is C51H61BN2. The molecule has 3 heteroatoms. The van der Waals surface area contributed by atoms with Gasteiger partial charge >= 0.3 is 0 Å². The van der Waals surface area contributed by atoms with Crippen molar-refractivity contribution in [3.63, 3.8) is 0 Å². The summed E-state index contributed by atoms with van der Waals surface area (Å²) in [5.41, 5.74) is -8.00. The van der Waals surface area contributed by atoms with Gasteiger partial charge in [-0.2, -0.15) is 0 Å². The molecule has 0 radical (unpaired) electrons. The molecule has 0 bridgehead atoms. The second-order valence-electron chi connectivity index (χ2n) is 18.7. The quantitative estimate of drug-likeness (QED) is 0.167. The SMILES string of the molecule is [2H]c1c([2H])c(C(C)(C)C)c([2H])c([2H])c1N1c2c([2H])c([2H])c(C(C)(C)C)c([2H])c2B2c3c([2H])c(C(C)(C)C)c([2H])c([2H])c3N(c3c([2H])c([2H])c(C(C)(C)C)c([2H])c3[2H])c3c([2H])c(C4C([2H])([2H])CCC4([2H])[2H])c([2H])c1c32. The van der Waals surface area contributed by atoms with Gasteiger partial charge in [0.25, 0.3) is 6.71 Å². The van der Waals surface area contributed by atoms with Crippen molar-refractivity contribution >= 4 is 57.2 Å². The Hall–Kier alpha value is -4.24. The summed E-state index contributed by atoms with van der Waals surface area (Å²) < 4.78 is 195. The highest BCUT2D eigenvalue weighted by atomic mass is 15.2. The normalized spacial score (nSPS) is 23.1. The monoisotopic (exact) mass is 733 g/mol. The maximum absolute atomic E-state index is 10.4. The fourth-order valence-electron chi connectivity index (χ4n) is 7.05. The highest BCUT2D eigenvalue weighted by Crippen LogP contribution is 2.48. The van der Waals surface area contributed by atoms with E-state index in [1.54, 1.807) is 83.1 Å². The van der Waals surface area contributed by atoms with Gasteiger partial charge in [0.1, 0.15) is 0 Å². The summed E-state index contributed by atoms with van der Waals surface area (Å²) in [6.07, 6.45) is -5.69. The highest BCUT2D eigenvalue weighted by Gasteiger charge is 2.45. The van der Waals surface area contributed by atoms with Crippen molar-refractivity contribution in [1.82, 2.24) is 0 Å². The van der Waals surface area contributed by atoms with Gasteiger partial charge in [0.05, 0.1) is 21.9 Å². The van der Waals surface area contributed by atoms with Crippen LogP contribution in [0.2, 0.25) is 0 Å². The van der Waals surface area contributed by atoms with Crippen molar-refractivity contribution in [3.8, 4) is 0 Å². The van der Waals surface area contributed by atoms with Crippen LogP contribution in [0.1, 0.15) is 170 Å². The first-order chi connectivity index (χ1) is 33.5. The number of rotatable bonds is 3. The highest BCUT2D eigenvalue weighted by molar-refractivity contribution is 7.00. The molecule has 0 aromatic heterocycles. The third kappa shape index (κ3) is 6.30. The van der Waals surface area contributed by atoms with E-state index in [-0.39, 0.29) is 63.6 Å². The van der Waals surface area contributed by atoms with Crippen LogP contribution in [-0.4, -0.2) is 6.71 Å². The molecule has 0 spiro atoms. The third-order valence-corrected chi connectivity index (χ3v) is 10.2. The zero-order chi connectivity index (χ0) is 56.0. The second-order valence-corrected chi connectivity index (χ2v) is 18.7. The summed E-state index contributed by atoms with van der Waals surface area (Å²) in [5.74, 6) is -1.93. The van der Waals surface area contributed by atoms with Crippen molar-refractivity contribution in [2.75, 3.05) is 9.80 Å². The fraction of sp³-hybridized carbons (Fsp3) is 0.412. The molecule has 8 rings (SSSR count). The number of fused-ring (bicyclic) bond motifs is 4. The van der Waals surface area contributed by atoms with Crippen LogP contribution in [0.15, 0.2) is 96.7 Å². The summed E-state index contributed by atoms with van der Waals surface area (Å²) in [6.45, 7) is 18.9.